The van der Waals surface area contributed by atoms with Crippen LogP contribution in [-0.2, 0) is 0 Å². The number of halogens is 1. The lowest BCUT2D eigenvalue weighted by Crippen LogP contribution is -2.03. The van der Waals surface area contributed by atoms with Crippen LogP contribution in [0.3, 0.4) is 0 Å². The Morgan fingerprint density at radius 1 is 0.885 bits per heavy atom. The summed E-state index contributed by atoms with van der Waals surface area (Å²) in [4.78, 5) is 13.3. The fourth-order valence-corrected chi connectivity index (χ4v) is 2.73. The third kappa shape index (κ3) is 3.44. The van der Waals surface area contributed by atoms with Crippen molar-refractivity contribution in [3.05, 3.63) is 78.4 Å². The number of fused-ring (bicyclic) bond motifs is 1. The monoisotopic (exact) mass is 345 g/mol. The maximum absolute atomic E-state index is 13.4. The van der Waals surface area contributed by atoms with E-state index < -0.39 is 0 Å². The van der Waals surface area contributed by atoms with Crippen LogP contribution in [0.25, 0.3) is 10.9 Å². The summed E-state index contributed by atoms with van der Waals surface area (Å²) in [6.07, 6.45) is 1.75. The molecule has 128 valence electrons. The molecule has 2 N–H and O–H groups in total. The zero-order chi connectivity index (χ0) is 17.9. The molecule has 0 spiro atoms. The first-order chi connectivity index (χ1) is 12.7. The van der Waals surface area contributed by atoms with Crippen LogP contribution in [0.2, 0.25) is 0 Å². The Hall–Kier alpha value is -3.54. The van der Waals surface area contributed by atoms with Crippen LogP contribution in [-0.4, -0.2) is 15.0 Å². The first-order valence-corrected chi connectivity index (χ1v) is 8.16. The number of aryl methyl sites for hydroxylation is 1. The zero-order valence-corrected chi connectivity index (χ0v) is 14.1. The van der Waals surface area contributed by atoms with E-state index in [-0.39, 0.29) is 5.82 Å². The van der Waals surface area contributed by atoms with Gasteiger partial charge >= 0.3 is 0 Å². The van der Waals surface area contributed by atoms with E-state index >= 15 is 0 Å². The molecule has 0 saturated carbocycles. The molecule has 6 heteroatoms. The highest BCUT2D eigenvalue weighted by Crippen LogP contribution is 2.24. The lowest BCUT2D eigenvalue weighted by atomic mass is 10.2. The number of anilines is 4. The van der Waals surface area contributed by atoms with Crippen LogP contribution in [0.5, 0.6) is 0 Å². The first kappa shape index (κ1) is 16.0. The van der Waals surface area contributed by atoms with Crippen LogP contribution < -0.4 is 10.6 Å². The van der Waals surface area contributed by atoms with E-state index in [1.54, 1.807) is 24.4 Å². The quantitative estimate of drug-likeness (QED) is 0.547. The second-order valence-electron chi connectivity index (χ2n) is 5.86. The predicted octanol–water partition coefficient (Wildman–Crippen LogP) is 4.96. The molecule has 0 atom stereocenters. The topological polar surface area (TPSA) is 62.7 Å². The summed E-state index contributed by atoms with van der Waals surface area (Å²) in [5.74, 6) is 0.724. The van der Waals surface area contributed by atoms with Gasteiger partial charge in [-0.1, -0.05) is 24.3 Å². The van der Waals surface area contributed by atoms with Crippen molar-refractivity contribution in [2.75, 3.05) is 10.6 Å². The van der Waals surface area contributed by atoms with Gasteiger partial charge in [-0.05, 0) is 37.3 Å². The fraction of sp³-hybridized carbons (Fsp3) is 0.0500. The first-order valence-electron chi connectivity index (χ1n) is 8.16. The number of nitrogens with zero attached hydrogens (tertiary/aromatic N) is 3. The van der Waals surface area contributed by atoms with Gasteiger partial charge in [-0.3, -0.25) is 4.98 Å². The van der Waals surface area contributed by atoms with Crippen molar-refractivity contribution in [1.29, 1.82) is 0 Å². The van der Waals surface area contributed by atoms with Gasteiger partial charge in [0.1, 0.15) is 11.6 Å². The largest absolute Gasteiger partial charge is 0.340 e. The highest BCUT2D eigenvalue weighted by Gasteiger charge is 2.07. The van der Waals surface area contributed by atoms with Crippen LogP contribution in [0, 0.1) is 12.7 Å². The number of para-hydroxylation sites is 1. The van der Waals surface area contributed by atoms with Crippen LogP contribution >= 0.6 is 0 Å². The Labute approximate surface area is 150 Å². The molecule has 2 aromatic carbocycles. The Morgan fingerprint density at radius 2 is 1.73 bits per heavy atom. The van der Waals surface area contributed by atoms with Crippen LogP contribution in [0.15, 0.2) is 66.9 Å². The Kier molecular flexibility index (Phi) is 4.15. The molecule has 0 aliphatic heterocycles. The molecule has 26 heavy (non-hydrogen) atoms. The zero-order valence-electron chi connectivity index (χ0n) is 14.1. The summed E-state index contributed by atoms with van der Waals surface area (Å²) < 4.78 is 13.4. The number of pyridine rings is 1. The molecule has 0 radical (unpaired) electrons. The van der Waals surface area contributed by atoms with E-state index in [2.05, 4.69) is 25.6 Å². The Bertz CT molecular complexity index is 1080. The molecule has 2 heterocycles. The van der Waals surface area contributed by atoms with Gasteiger partial charge in [0.2, 0.25) is 5.95 Å². The molecule has 0 amide bonds. The number of benzene rings is 2. The van der Waals surface area contributed by atoms with Crippen molar-refractivity contribution >= 4 is 34.0 Å². The molecule has 0 aliphatic carbocycles. The summed E-state index contributed by atoms with van der Waals surface area (Å²) in [6.45, 7) is 1.88. The minimum absolute atomic E-state index is 0.305. The SMILES string of the molecule is Cc1cc(Nc2cccc(F)c2)nc(Nc2cccc3cccnc23)n1. The lowest BCUT2D eigenvalue weighted by Gasteiger charge is -2.11. The molecular weight excluding hydrogens is 329 g/mol. The molecule has 4 aromatic rings. The smallest absolute Gasteiger partial charge is 0.229 e. The molecule has 0 unspecified atom stereocenters. The average molecular weight is 345 g/mol. The normalized spacial score (nSPS) is 10.7. The number of nitrogens with one attached hydrogen (secondary N) is 2. The second kappa shape index (κ2) is 6.76. The van der Waals surface area contributed by atoms with Gasteiger partial charge in [0, 0.05) is 29.0 Å². The van der Waals surface area contributed by atoms with Gasteiger partial charge < -0.3 is 10.6 Å². The van der Waals surface area contributed by atoms with Crippen molar-refractivity contribution in [1.82, 2.24) is 15.0 Å². The molecule has 0 fully saturated rings. The minimum Gasteiger partial charge on any atom is -0.340 e. The second-order valence-corrected chi connectivity index (χ2v) is 5.86. The number of rotatable bonds is 4. The van der Waals surface area contributed by atoms with Crippen molar-refractivity contribution < 1.29 is 4.39 Å². The maximum Gasteiger partial charge on any atom is 0.229 e. The van der Waals surface area contributed by atoms with Gasteiger partial charge in [0.25, 0.3) is 0 Å². The van der Waals surface area contributed by atoms with Crippen molar-refractivity contribution in [2.24, 2.45) is 0 Å². The Balaban J connectivity index is 1.66. The van der Waals surface area contributed by atoms with Gasteiger partial charge in [-0.15, -0.1) is 0 Å². The van der Waals surface area contributed by atoms with Gasteiger partial charge in [-0.25, -0.2) is 9.37 Å². The van der Waals surface area contributed by atoms with Crippen LogP contribution in [0.4, 0.5) is 27.5 Å². The molecule has 0 aliphatic rings. The number of aromatic nitrogens is 3. The standard InChI is InChI=1S/C20H16FN5/c1-13-11-18(24-16-8-3-7-15(21)12-16)26-20(23-13)25-17-9-2-5-14-6-4-10-22-19(14)17/h2-12H,1H3,(H2,23,24,25,26). The molecular formula is C20H16FN5. The number of hydrogen-bond donors (Lipinski definition) is 2. The fourth-order valence-electron chi connectivity index (χ4n) is 2.73. The summed E-state index contributed by atoms with van der Waals surface area (Å²) in [5.41, 5.74) is 3.08. The molecule has 4 rings (SSSR count). The van der Waals surface area contributed by atoms with E-state index in [1.165, 1.54) is 12.1 Å². The van der Waals surface area contributed by atoms with Crippen LogP contribution in [0.1, 0.15) is 5.69 Å². The molecule has 2 aromatic heterocycles. The highest BCUT2D eigenvalue weighted by atomic mass is 19.1. The predicted molar refractivity (Wildman–Crippen MR) is 101 cm³/mol. The third-order valence-electron chi connectivity index (χ3n) is 3.83. The Morgan fingerprint density at radius 3 is 2.62 bits per heavy atom. The van der Waals surface area contributed by atoms with E-state index in [4.69, 9.17) is 0 Å². The summed E-state index contributed by atoms with van der Waals surface area (Å²) in [6, 6.07) is 17.8. The maximum atomic E-state index is 13.4. The van der Waals surface area contributed by atoms with Crippen molar-refractivity contribution in [3.63, 3.8) is 0 Å². The average Bonchev–Trinajstić information content (AvgIpc) is 2.61. The van der Waals surface area contributed by atoms with E-state index in [0.717, 1.165) is 22.3 Å². The van der Waals surface area contributed by atoms with Gasteiger partial charge in [-0.2, -0.15) is 4.98 Å². The third-order valence-corrected chi connectivity index (χ3v) is 3.83. The van der Waals surface area contributed by atoms with Crippen molar-refractivity contribution in [2.45, 2.75) is 6.92 Å². The molecule has 0 saturated heterocycles. The van der Waals surface area contributed by atoms with Gasteiger partial charge in [0.05, 0.1) is 11.2 Å². The van der Waals surface area contributed by atoms with E-state index in [9.17, 15) is 4.39 Å². The molecule has 5 nitrogen and oxygen atoms in total. The summed E-state index contributed by atoms with van der Waals surface area (Å²) in [5, 5.41) is 7.36. The summed E-state index contributed by atoms with van der Waals surface area (Å²) >= 11 is 0. The van der Waals surface area contributed by atoms with Crippen molar-refractivity contribution in [3.8, 4) is 0 Å². The van der Waals surface area contributed by atoms with E-state index in [1.807, 2.05) is 37.3 Å². The lowest BCUT2D eigenvalue weighted by molar-refractivity contribution is 0.628. The molecule has 0 bridgehead atoms. The summed E-state index contributed by atoms with van der Waals surface area (Å²) in [7, 11) is 0. The minimum atomic E-state index is -0.305. The highest BCUT2D eigenvalue weighted by molar-refractivity contribution is 5.91. The van der Waals surface area contributed by atoms with Gasteiger partial charge in [0.15, 0.2) is 0 Å². The van der Waals surface area contributed by atoms with E-state index in [0.29, 0.717) is 17.5 Å². The number of hydrogen-bond acceptors (Lipinski definition) is 5.